The standard InChI is InChI=1S/C14H12BrN3O2/c15-9-5-6-13(17-7-9)18-14(19)12-8-16-10-3-1-2-4-11(10)20-12/h1-7,12,16H,8H2,(H,17,18,19). The second kappa shape index (κ2) is 5.50. The van der Waals surface area contributed by atoms with Gasteiger partial charge in [0.25, 0.3) is 5.91 Å². The monoisotopic (exact) mass is 333 g/mol. The summed E-state index contributed by atoms with van der Waals surface area (Å²) in [7, 11) is 0. The highest BCUT2D eigenvalue weighted by Crippen LogP contribution is 2.28. The van der Waals surface area contributed by atoms with Crippen LogP contribution in [0.2, 0.25) is 0 Å². The molecule has 0 aliphatic carbocycles. The average molecular weight is 334 g/mol. The van der Waals surface area contributed by atoms with Crippen LogP contribution in [0.3, 0.4) is 0 Å². The number of carbonyl (C=O) groups is 1. The van der Waals surface area contributed by atoms with Gasteiger partial charge in [-0.1, -0.05) is 12.1 Å². The van der Waals surface area contributed by atoms with Crippen LogP contribution in [0.15, 0.2) is 47.1 Å². The normalized spacial score (nSPS) is 16.6. The molecule has 0 saturated carbocycles. The molecule has 1 aliphatic rings. The number of hydrogen-bond donors (Lipinski definition) is 2. The quantitative estimate of drug-likeness (QED) is 0.886. The molecular formula is C14H12BrN3O2. The maximum atomic E-state index is 12.1. The van der Waals surface area contributed by atoms with Crippen LogP contribution in [0.1, 0.15) is 0 Å². The summed E-state index contributed by atoms with van der Waals surface area (Å²) in [6, 6.07) is 11.1. The molecule has 1 unspecified atom stereocenters. The Morgan fingerprint density at radius 2 is 2.20 bits per heavy atom. The van der Waals surface area contributed by atoms with Gasteiger partial charge < -0.3 is 15.4 Å². The van der Waals surface area contributed by atoms with Crippen LogP contribution in [-0.4, -0.2) is 23.5 Å². The van der Waals surface area contributed by atoms with Gasteiger partial charge >= 0.3 is 0 Å². The highest BCUT2D eigenvalue weighted by atomic mass is 79.9. The predicted molar refractivity (Wildman–Crippen MR) is 79.9 cm³/mol. The number of pyridine rings is 1. The Labute approximate surface area is 124 Å². The van der Waals surface area contributed by atoms with Crippen LogP contribution in [0.4, 0.5) is 11.5 Å². The Morgan fingerprint density at radius 1 is 1.35 bits per heavy atom. The first-order valence-electron chi connectivity index (χ1n) is 6.14. The van der Waals surface area contributed by atoms with E-state index >= 15 is 0 Å². The molecule has 6 heteroatoms. The second-order valence-corrected chi connectivity index (χ2v) is 5.25. The van der Waals surface area contributed by atoms with Gasteiger partial charge in [-0.05, 0) is 40.2 Å². The summed E-state index contributed by atoms with van der Waals surface area (Å²) in [5.74, 6) is 0.963. The molecule has 0 radical (unpaired) electrons. The van der Waals surface area contributed by atoms with Crippen LogP contribution >= 0.6 is 15.9 Å². The van der Waals surface area contributed by atoms with Gasteiger partial charge in [0.15, 0.2) is 6.10 Å². The first-order chi connectivity index (χ1) is 9.72. The number of rotatable bonds is 2. The Balaban J connectivity index is 1.68. The van der Waals surface area contributed by atoms with Crippen LogP contribution in [0.25, 0.3) is 0 Å². The van der Waals surface area contributed by atoms with Gasteiger partial charge in [0, 0.05) is 10.7 Å². The van der Waals surface area contributed by atoms with Gasteiger partial charge in [-0.2, -0.15) is 0 Å². The number of halogens is 1. The van der Waals surface area contributed by atoms with E-state index in [4.69, 9.17) is 4.74 Å². The molecule has 2 N–H and O–H groups in total. The van der Waals surface area contributed by atoms with Crippen molar-refractivity contribution < 1.29 is 9.53 Å². The Morgan fingerprint density at radius 3 is 3.00 bits per heavy atom. The third-order valence-electron chi connectivity index (χ3n) is 2.91. The fourth-order valence-electron chi connectivity index (χ4n) is 1.92. The number of ether oxygens (including phenoxy) is 1. The fraction of sp³-hybridized carbons (Fsp3) is 0.143. The van der Waals surface area contributed by atoms with Crippen molar-refractivity contribution in [2.24, 2.45) is 0 Å². The zero-order valence-electron chi connectivity index (χ0n) is 10.5. The Hall–Kier alpha value is -2.08. The van der Waals surface area contributed by atoms with E-state index in [0.29, 0.717) is 18.1 Å². The van der Waals surface area contributed by atoms with Crippen molar-refractivity contribution in [1.29, 1.82) is 0 Å². The third kappa shape index (κ3) is 2.75. The largest absolute Gasteiger partial charge is 0.477 e. The van der Waals surface area contributed by atoms with Crippen LogP contribution in [0, 0.1) is 0 Å². The lowest BCUT2D eigenvalue weighted by Gasteiger charge is -2.26. The number of anilines is 2. The number of nitrogens with one attached hydrogen (secondary N) is 2. The molecule has 20 heavy (non-hydrogen) atoms. The zero-order chi connectivity index (χ0) is 13.9. The molecule has 2 heterocycles. The maximum absolute atomic E-state index is 12.1. The summed E-state index contributed by atoms with van der Waals surface area (Å²) >= 11 is 3.30. The molecule has 3 rings (SSSR count). The molecule has 1 amide bonds. The average Bonchev–Trinajstić information content (AvgIpc) is 2.49. The van der Waals surface area contributed by atoms with E-state index < -0.39 is 6.10 Å². The van der Waals surface area contributed by atoms with Gasteiger partial charge in [0.05, 0.1) is 12.2 Å². The van der Waals surface area contributed by atoms with E-state index in [0.717, 1.165) is 10.2 Å². The molecule has 2 aromatic rings. The second-order valence-electron chi connectivity index (χ2n) is 4.33. The van der Waals surface area contributed by atoms with Crippen molar-refractivity contribution in [3.8, 4) is 5.75 Å². The Bertz CT molecular complexity index is 631. The van der Waals surface area contributed by atoms with Gasteiger partial charge in [-0.25, -0.2) is 4.98 Å². The highest BCUT2D eigenvalue weighted by molar-refractivity contribution is 9.10. The maximum Gasteiger partial charge on any atom is 0.268 e. The third-order valence-corrected chi connectivity index (χ3v) is 3.37. The van der Waals surface area contributed by atoms with E-state index in [2.05, 4.69) is 31.5 Å². The molecule has 1 aliphatic heterocycles. The number of carbonyl (C=O) groups excluding carboxylic acids is 1. The zero-order valence-corrected chi connectivity index (χ0v) is 12.1. The lowest BCUT2D eigenvalue weighted by atomic mass is 10.2. The topological polar surface area (TPSA) is 63.2 Å². The van der Waals surface area contributed by atoms with Gasteiger partial charge in [-0.15, -0.1) is 0 Å². The summed E-state index contributed by atoms with van der Waals surface area (Å²) in [6.45, 7) is 0.430. The minimum atomic E-state index is -0.574. The van der Waals surface area contributed by atoms with Crippen LogP contribution in [0.5, 0.6) is 5.75 Å². The van der Waals surface area contributed by atoms with E-state index in [9.17, 15) is 4.79 Å². The summed E-state index contributed by atoms with van der Waals surface area (Å²) in [5, 5.41) is 5.91. The molecule has 1 aromatic carbocycles. The Kier molecular flexibility index (Phi) is 3.56. The van der Waals surface area contributed by atoms with Gasteiger partial charge in [0.2, 0.25) is 0 Å². The molecular weight excluding hydrogens is 322 g/mol. The SMILES string of the molecule is O=C(Nc1ccc(Br)cn1)C1CNc2ccccc2O1. The van der Waals surface area contributed by atoms with Gasteiger partial charge in [0.1, 0.15) is 11.6 Å². The predicted octanol–water partition coefficient (Wildman–Crippen LogP) is 2.66. The number of benzene rings is 1. The molecule has 0 spiro atoms. The number of para-hydroxylation sites is 2. The number of amides is 1. The van der Waals surface area contributed by atoms with Crippen molar-refractivity contribution in [2.75, 3.05) is 17.2 Å². The lowest BCUT2D eigenvalue weighted by Crippen LogP contribution is -2.41. The molecule has 102 valence electrons. The minimum Gasteiger partial charge on any atom is -0.477 e. The van der Waals surface area contributed by atoms with Crippen LogP contribution in [-0.2, 0) is 4.79 Å². The smallest absolute Gasteiger partial charge is 0.268 e. The first-order valence-corrected chi connectivity index (χ1v) is 6.93. The molecule has 0 saturated heterocycles. The number of hydrogen-bond acceptors (Lipinski definition) is 4. The van der Waals surface area contributed by atoms with E-state index in [1.807, 2.05) is 30.3 Å². The summed E-state index contributed by atoms with van der Waals surface area (Å²) in [6.07, 6.45) is 1.06. The molecule has 1 atom stereocenters. The molecule has 1 aromatic heterocycles. The minimum absolute atomic E-state index is 0.221. The van der Waals surface area contributed by atoms with Crippen molar-refractivity contribution in [1.82, 2.24) is 4.98 Å². The highest BCUT2D eigenvalue weighted by Gasteiger charge is 2.25. The summed E-state index contributed by atoms with van der Waals surface area (Å²) in [5.41, 5.74) is 0.901. The van der Waals surface area contributed by atoms with Crippen molar-refractivity contribution >= 4 is 33.3 Å². The van der Waals surface area contributed by atoms with E-state index in [1.165, 1.54) is 0 Å². The number of nitrogens with zero attached hydrogens (tertiary/aromatic N) is 1. The summed E-state index contributed by atoms with van der Waals surface area (Å²) < 4.78 is 6.54. The lowest BCUT2D eigenvalue weighted by molar-refractivity contribution is -0.122. The number of aromatic nitrogens is 1. The molecule has 5 nitrogen and oxygen atoms in total. The van der Waals surface area contributed by atoms with Crippen molar-refractivity contribution in [3.63, 3.8) is 0 Å². The van der Waals surface area contributed by atoms with Crippen molar-refractivity contribution in [3.05, 3.63) is 47.1 Å². The summed E-state index contributed by atoms with van der Waals surface area (Å²) in [4.78, 5) is 16.2. The molecule has 0 fully saturated rings. The van der Waals surface area contributed by atoms with Crippen LogP contribution < -0.4 is 15.4 Å². The fourth-order valence-corrected chi connectivity index (χ4v) is 2.15. The number of fused-ring (bicyclic) bond motifs is 1. The van der Waals surface area contributed by atoms with Crippen molar-refractivity contribution in [2.45, 2.75) is 6.10 Å². The van der Waals surface area contributed by atoms with Gasteiger partial charge in [-0.3, -0.25) is 4.79 Å². The molecule has 0 bridgehead atoms. The first kappa shape index (κ1) is 12.9. The van der Waals surface area contributed by atoms with E-state index in [-0.39, 0.29) is 5.91 Å². The van der Waals surface area contributed by atoms with E-state index in [1.54, 1.807) is 12.3 Å².